The predicted molar refractivity (Wildman–Crippen MR) is 79.0 cm³/mol. The van der Waals surface area contributed by atoms with E-state index in [1.54, 1.807) is 18.2 Å². The average Bonchev–Trinajstić information content (AvgIpc) is 2.93. The first kappa shape index (κ1) is 13.6. The van der Waals surface area contributed by atoms with Crippen LogP contribution in [0.25, 0.3) is 0 Å². The van der Waals surface area contributed by atoms with Gasteiger partial charge < -0.3 is 15.2 Å². The number of nitrogens with one attached hydrogen (secondary N) is 1. The minimum atomic E-state index is -0.928. The van der Waals surface area contributed by atoms with E-state index in [1.807, 2.05) is 12.1 Å². The van der Waals surface area contributed by atoms with Gasteiger partial charge in [-0.2, -0.15) is 0 Å². The maximum atomic E-state index is 11.4. The molecule has 3 rings (SSSR count). The van der Waals surface area contributed by atoms with Crippen molar-refractivity contribution in [2.45, 2.75) is 19.4 Å². The van der Waals surface area contributed by atoms with Gasteiger partial charge in [0, 0.05) is 23.1 Å². The van der Waals surface area contributed by atoms with E-state index < -0.39 is 5.97 Å². The Kier molecular flexibility index (Phi) is 3.62. The number of carbonyl (C=O) groups is 2. The van der Waals surface area contributed by atoms with Gasteiger partial charge >= 0.3 is 5.97 Å². The van der Waals surface area contributed by atoms with Gasteiger partial charge in [-0.3, -0.25) is 4.79 Å². The fraction of sp³-hybridized carbons (Fsp3) is 0.200. The maximum Gasteiger partial charge on any atom is 0.345 e. The molecule has 6 heteroatoms. The Morgan fingerprint density at radius 2 is 2.14 bits per heavy atom. The third-order valence-corrected chi connectivity index (χ3v) is 4.28. The quantitative estimate of drug-likeness (QED) is 0.910. The van der Waals surface area contributed by atoms with Gasteiger partial charge in [-0.25, -0.2) is 4.79 Å². The summed E-state index contributed by atoms with van der Waals surface area (Å²) >= 11 is 1.20. The van der Waals surface area contributed by atoms with Gasteiger partial charge in [0.05, 0.1) is 0 Å². The molecule has 1 amide bonds. The topological polar surface area (TPSA) is 75.6 Å². The number of ether oxygens (including phenoxy) is 1. The summed E-state index contributed by atoms with van der Waals surface area (Å²) < 4.78 is 5.65. The summed E-state index contributed by atoms with van der Waals surface area (Å²) in [5.74, 6) is -0.257. The largest absolute Gasteiger partial charge is 0.488 e. The molecule has 0 fully saturated rings. The molecule has 2 N–H and O–H groups in total. The zero-order valence-corrected chi connectivity index (χ0v) is 11.9. The van der Waals surface area contributed by atoms with E-state index in [9.17, 15) is 9.59 Å². The fourth-order valence-electron chi connectivity index (χ4n) is 2.17. The van der Waals surface area contributed by atoms with Crippen molar-refractivity contribution in [3.63, 3.8) is 0 Å². The highest BCUT2D eigenvalue weighted by atomic mass is 32.1. The zero-order valence-electron chi connectivity index (χ0n) is 11.1. The van der Waals surface area contributed by atoms with Crippen LogP contribution in [0.4, 0.5) is 5.69 Å². The normalized spacial score (nSPS) is 13.4. The van der Waals surface area contributed by atoms with E-state index in [0.29, 0.717) is 23.7 Å². The van der Waals surface area contributed by atoms with E-state index in [-0.39, 0.29) is 5.91 Å². The highest BCUT2D eigenvalue weighted by Crippen LogP contribution is 2.28. The number of amides is 1. The Balaban J connectivity index is 1.69. The van der Waals surface area contributed by atoms with Crippen LogP contribution in [-0.4, -0.2) is 17.0 Å². The molecule has 2 heterocycles. The third kappa shape index (κ3) is 3.05. The lowest BCUT2D eigenvalue weighted by Crippen LogP contribution is -2.18. The Hall–Kier alpha value is -2.34. The number of anilines is 1. The molecule has 0 unspecified atom stereocenters. The summed E-state index contributed by atoms with van der Waals surface area (Å²) in [5.41, 5.74) is 1.90. The van der Waals surface area contributed by atoms with Gasteiger partial charge in [0.2, 0.25) is 5.91 Å². The molecule has 0 bridgehead atoms. The first-order chi connectivity index (χ1) is 10.1. The molecule has 1 aromatic heterocycles. The number of hydrogen-bond acceptors (Lipinski definition) is 4. The van der Waals surface area contributed by atoms with Crippen molar-refractivity contribution < 1.29 is 19.4 Å². The fourth-order valence-corrected chi connectivity index (χ4v) is 2.93. The second-order valence-corrected chi connectivity index (χ2v) is 5.90. The summed E-state index contributed by atoms with van der Waals surface area (Å²) in [6.45, 7) is 0.310. The lowest BCUT2D eigenvalue weighted by Gasteiger charge is -2.17. The minimum absolute atomic E-state index is 0.0176. The van der Waals surface area contributed by atoms with Crippen molar-refractivity contribution in [3.05, 3.63) is 45.6 Å². The van der Waals surface area contributed by atoms with E-state index in [4.69, 9.17) is 9.84 Å². The monoisotopic (exact) mass is 303 g/mol. The molecule has 0 radical (unpaired) electrons. The number of aryl methyl sites for hydroxylation is 1. The van der Waals surface area contributed by atoms with Crippen molar-refractivity contribution >= 4 is 28.9 Å². The first-order valence-corrected chi connectivity index (χ1v) is 7.31. The lowest BCUT2D eigenvalue weighted by atomic mass is 10.0. The smallest absolute Gasteiger partial charge is 0.345 e. The average molecular weight is 303 g/mol. The SMILES string of the molecule is O=C1CCc2ccc(OCc3ccc(C(=O)O)s3)cc2N1. The molecule has 5 nitrogen and oxygen atoms in total. The molecule has 0 spiro atoms. The Bertz CT molecular complexity index is 707. The molecule has 2 aromatic rings. The minimum Gasteiger partial charge on any atom is -0.488 e. The summed E-state index contributed by atoms with van der Waals surface area (Å²) in [6.07, 6.45) is 1.26. The zero-order chi connectivity index (χ0) is 14.8. The molecule has 0 saturated carbocycles. The second-order valence-electron chi connectivity index (χ2n) is 4.73. The molecule has 0 atom stereocenters. The van der Waals surface area contributed by atoms with Gasteiger partial charge in [-0.15, -0.1) is 11.3 Å². The number of fused-ring (bicyclic) bond motifs is 1. The number of rotatable bonds is 4. The summed E-state index contributed by atoms with van der Waals surface area (Å²) in [7, 11) is 0. The third-order valence-electron chi connectivity index (χ3n) is 3.23. The first-order valence-electron chi connectivity index (χ1n) is 6.49. The molecule has 1 aliphatic heterocycles. The van der Waals surface area contributed by atoms with Gasteiger partial charge in [0.1, 0.15) is 17.2 Å². The number of hydrogen-bond donors (Lipinski definition) is 2. The van der Waals surface area contributed by atoms with Crippen molar-refractivity contribution in [1.82, 2.24) is 0 Å². The molecule has 21 heavy (non-hydrogen) atoms. The standard InChI is InChI=1S/C15H13NO4S/c17-14-6-2-9-1-3-10(7-12(9)16-14)20-8-11-4-5-13(21-11)15(18)19/h1,3-5,7H,2,6,8H2,(H,16,17)(H,18,19). The van der Waals surface area contributed by atoms with Crippen LogP contribution in [0.1, 0.15) is 26.5 Å². The van der Waals surface area contributed by atoms with Crippen molar-refractivity contribution in [2.24, 2.45) is 0 Å². The summed E-state index contributed by atoms with van der Waals surface area (Å²) in [6, 6.07) is 8.93. The van der Waals surface area contributed by atoms with E-state index in [0.717, 1.165) is 22.5 Å². The number of benzene rings is 1. The molecule has 1 aromatic carbocycles. The lowest BCUT2D eigenvalue weighted by molar-refractivity contribution is -0.116. The van der Waals surface area contributed by atoms with Crippen LogP contribution < -0.4 is 10.1 Å². The van der Waals surface area contributed by atoms with Gasteiger partial charge in [-0.1, -0.05) is 6.07 Å². The maximum absolute atomic E-state index is 11.4. The van der Waals surface area contributed by atoms with Gasteiger partial charge in [0.15, 0.2) is 0 Å². The Labute approximate surface area is 125 Å². The van der Waals surface area contributed by atoms with E-state index >= 15 is 0 Å². The highest BCUT2D eigenvalue weighted by Gasteiger charge is 2.15. The molecule has 0 saturated heterocycles. The molecule has 0 aliphatic carbocycles. The molecular formula is C15H13NO4S. The summed E-state index contributed by atoms with van der Waals surface area (Å²) in [4.78, 5) is 23.3. The van der Waals surface area contributed by atoms with Crippen LogP contribution in [0.2, 0.25) is 0 Å². The van der Waals surface area contributed by atoms with Gasteiger partial charge in [-0.05, 0) is 30.2 Å². The number of carboxylic acid groups (broad SMARTS) is 1. The predicted octanol–water partition coefficient (Wildman–Crippen LogP) is 2.91. The molecule has 108 valence electrons. The van der Waals surface area contributed by atoms with Crippen LogP contribution in [0.3, 0.4) is 0 Å². The second kappa shape index (κ2) is 5.57. The number of aromatic carboxylic acids is 1. The molecular weight excluding hydrogens is 290 g/mol. The highest BCUT2D eigenvalue weighted by molar-refractivity contribution is 7.13. The van der Waals surface area contributed by atoms with Crippen molar-refractivity contribution in [3.8, 4) is 5.75 Å². The number of carbonyl (C=O) groups excluding carboxylic acids is 1. The van der Waals surface area contributed by atoms with Gasteiger partial charge in [0.25, 0.3) is 0 Å². The van der Waals surface area contributed by atoms with Crippen molar-refractivity contribution in [2.75, 3.05) is 5.32 Å². The van der Waals surface area contributed by atoms with E-state index in [2.05, 4.69) is 5.32 Å². The summed E-state index contributed by atoms with van der Waals surface area (Å²) in [5, 5.41) is 11.7. The Morgan fingerprint density at radius 3 is 2.90 bits per heavy atom. The van der Waals surface area contributed by atoms with E-state index in [1.165, 1.54) is 11.3 Å². The van der Waals surface area contributed by atoms with Crippen LogP contribution in [0.5, 0.6) is 5.75 Å². The number of carboxylic acids is 1. The molecule has 1 aliphatic rings. The van der Waals surface area contributed by atoms with Crippen LogP contribution in [0, 0.1) is 0 Å². The van der Waals surface area contributed by atoms with Crippen LogP contribution in [0.15, 0.2) is 30.3 Å². The van der Waals surface area contributed by atoms with Crippen LogP contribution >= 0.6 is 11.3 Å². The Morgan fingerprint density at radius 1 is 1.29 bits per heavy atom. The number of thiophene rings is 1. The van der Waals surface area contributed by atoms with Crippen molar-refractivity contribution in [1.29, 1.82) is 0 Å². The van der Waals surface area contributed by atoms with Crippen LogP contribution in [-0.2, 0) is 17.8 Å².